The van der Waals surface area contributed by atoms with Gasteiger partial charge in [-0.25, -0.2) is 0 Å². The Bertz CT molecular complexity index is 819. The van der Waals surface area contributed by atoms with Crippen molar-refractivity contribution in [1.82, 2.24) is 9.80 Å². The smallest absolute Gasteiger partial charge is 0.253 e. The van der Waals surface area contributed by atoms with Gasteiger partial charge in [0, 0.05) is 30.2 Å². The molecule has 3 nitrogen and oxygen atoms in total. The number of likely N-dealkylation sites (tertiary alicyclic amines) is 1. The first-order chi connectivity index (χ1) is 12.5. The van der Waals surface area contributed by atoms with Crippen molar-refractivity contribution in [2.75, 3.05) is 33.7 Å². The predicted octanol–water partition coefficient (Wildman–Crippen LogP) is 4.20. The van der Waals surface area contributed by atoms with Crippen LogP contribution in [0.4, 0.5) is 0 Å². The number of fused-ring (bicyclic) bond motifs is 1. The maximum Gasteiger partial charge on any atom is 0.253 e. The number of piperidine rings is 1. The van der Waals surface area contributed by atoms with E-state index in [-0.39, 0.29) is 5.91 Å². The summed E-state index contributed by atoms with van der Waals surface area (Å²) >= 11 is 6.23. The maximum absolute atomic E-state index is 12.8. The van der Waals surface area contributed by atoms with Crippen LogP contribution in [-0.4, -0.2) is 49.4 Å². The number of hydrogen-bond donors (Lipinski definition) is 0. The Morgan fingerprint density at radius 3 is 2.38 bits per heavy atom. The average molecular weight is 369 g/mol. The molecule has 2 aliphatic rings. The topological polar surface area (TPSA) is 23.6 Å². The van der Waals surface area contributed by atoms with Gasteiger partial charge in [-0.05, 0) is 73.7 Å². The Morgan fingerprint density at radius 1 is 1.12 bits per heavy atom. The summed E-state index contributed by atoms with van der Waals surface area (Å²) in [6.45, 7) is 5.00. The molecule has 1 unspecified atom stereocenters. The number of nitrogens with zero attached hydrogens (tertiary/aromatic N) is 2. The van der Waals surface area contributed by atoms with Crippen LogP contribution in [0.25, 0.3) is 11.1 Å². The Hall–Kier alpha value is -1.84. The molecule has 1 aliphatic heterocycles. The number of benzene rings is 2. The molecule has 2 aromatic carbocycles. The second-order valence-electron chi connectivity index (χ2n) is 7.95. The standard InChI is InChI=1S/C22H25ClN2O/c1-14-17(5-4-6-21(14)23)15-7-9-16(10-8-15)22(26)25-12-19-18(11-24(2)3)20(19)13-25/h4-10,18-20H,11-13H2,1-3H3/t18?,19-,20+. The Balaban J connectivity index is 1.44. The molecular weight excluding hydrogens is 344 g/mol. The molecule has 26 heavy (non-hydrogen) atoms. The highest BCUT2D eigenvalue weighted by Gasteiger charge is 2.56. The predicted molar refractivity (Wildman–Crippen MR) is 107 cm³/mol. The van der Waals surface area contributed by atoms with Crippen LogP contribution in [0, 0.1) is 24.7 Å². The highest BCUT2D eigenvalue weighted by atomic mass is 35.5. The first-order valence-electron chi connectivity index (χ1n) is 9.25. The lowest BCUT2D eigenvalue weighted by molar-refractivity contribution is 0.0765. The molecule has 0 radical (unpaired) electrons. The molecule has 0 aromatic heterocycles. The fourth-order valence-electron chi connectivity index (χ4n) is 4.40. The largest absolute Gasteiger partial charge is 0.338 e. The van der Waals surface area contributed by atoms with Crippen molar-refractivity contribution in [2.24, 2.45) is 17.8 Å². The van der Waals surface area contributed by atoms with Crippen LogP contribution in [0.5, 0.6) is 0 Å². The number of carbonyl (C=O) groups excluding carboxylic acids is 1. The third-order valence-electron chi connectivity index (χ3n) is 5.95. The lowest BCUT2D eigenvalue weighted by Crippen LogP contribution is -2.33. The number of hydrogen-bond acceptors (Lipinski definition) is 2. The lowest BCUT2D eigenvalue weighted by atomic mass is 9.99. The van der Waals surface area contributed by atoms with E-state index in [9.17, 15) is 4.79 Å². The first kappa shape index (κ1) is 17.6. The van der Waals surface area contributed by atoms with Gasteiger partial charge in [0.1, 0.15) is 0 Å². The van der Waals surface area contributed by atoms with Crippen molar-refractivity contribution in [1.29, 1.82) is 0 Å². The Kier molecular flexibility index (Phi) is 4.54. The van der Waals surface area contributed by atoms with Crippen molar-refractivity contribution in [3.63, 3.8) is 0 Å². The molecule has 1 saturated heterocycles. The van der Waals surface area contributed by atoms with Crippen LogP contribution in [-0.2, 0) is 0 Å². The van der Waals surface area contributed by atoms with Gasteiger partial charge in [0.15, 0.2) is 0 Å². The molecule has 3 atom stereocenters. The summed E-state index contributed by atoms with van der Waals surface area (Å²) in [5.41, 5.74) is 4.06. The molecule has 4 heteroatoms. The molecule has 1 amide bonds. The van der Waals surface area contributed by atoms with Gasteiger partial charge < -0.3 is 9.80 Å². The van der Waals surface area contributed by atoms with Crippen molar-refractivity contribution in [2.45, 2.75) is 6.92 Å². The fraction of sp³-hybridized carbons (Fsp3) is 0.409. The zero-order chi connectivity index (χ0) is 18.4. The third-order valence-corrected chi connectivity index (χ3v) is 6.35. The monoisotopic (exact) mass is 368 g/mol. The van der Waals surface area contributed by atoms with Gasteiger partial charge in [0.2, 0.25) is 0 Å². The number of rotatable bonds is 4. The second kappa shape index (κ2) is 6.71. The quantitative estimate of drug-likeness (QED) is 0.807. The number of halogens is 1. The van der Waals surface area contributed by atoms with Gasteiger partial charge in [-0.2, -0.15) is 0 Å². The molecular formula is C22H25ClN2O. The Labute approximate surface area is 160 Å². The summed E-state index contributed by atoms with van der Waals surface area (Å²) in [7, 11) is 4.25. The van der Waals surface area contributed by atoms with Crippen molar-refractivity contribution >= 4 is 17.5 Å². The van der Waals surface area contributed by atoms with Crippen LogP contribution in [0.15, 0.2) is 42.5 Å². The van der Waals surface area contributed by atoms with Gasteiger partial charge in [0.05, 0.1) is 0 Å². The van der Waals surface area contributed by atoms with E-state index in [2.05, 4.69) is 25.1 Å². The van der Waals surface area contributed by atoms with Gasteiger partial charge in [0.25, 0.3) is 5.91 Å². The summed E-state index contributed by atoms with van der Waals surface area (Å²) in [5, 5.41) is 0.770. The van der Waals surface area contributed by atoms with E-state index in [0.717, 1.165) is 52.8 Å². The number of amides is 1. The molecule has 1 heterocycles. The highest BCUT2D eigenvalue weighted by molar-refractivity contribution is 6.31. The van der Waals surface area contributed by atoms with E-state index in [1.807, 2.05) is 48.2 Å². The van der Waals surface area contributed by atoms with E-state index < -0.39 is 0 Å². The Morgan fingerprint density at radius 2 is 1.77 bits per heavy atom. The minimum absolute atomic E-state index is 0.162. The fourth-order valence-corrected chi connectivity index (χ4v) is 4.58. The van der Waals surface area contributed by atoms with Crippen molar-refractivity contribution in [3.05, 3.63) is 58.6 Å². The van der Waals surface area contributed by atoms with Crippen molar-refractivity contribution < 1.29 is 4.79 Å². The maximum atomic E-state index is 12.8. The zero-order valence-corrected chi connectivity index (χ0v) is 16.3. The van der Waals surface area contributed by atoms with E-state index in [1.165, 1.54) is 0 Å². The van der Waals surface area contributed by atoms with Crippen LogP contribution < -0.4 is 0 Å². The minimum atomic E-state index is 0.162. The molecule has 2 fully saturated rings. The molecule has 1 aliphatic carbocycles. The van der Waals surface area contributed by atoms with Gasteiger partial charge >= 0.3 is 0 Å². The summed E-state index contributed by atoms with van der Waals surface area (Å²) in [6.07, 6.45) is 0. The van der Waals surface area contributed by atoms with Crippen LogP contribution in [0.2, 0.25) is 5.02 Å². The molecule has 0 spiro atoms. The van der Waals surface area contributed by atoms with Crippen LogP contribution >= 0.6 is 11.6 Å². The van der Waals surface area contributed by atoms with Crippen LogP contribution in [0.3, 0.4) is 0 Å². The molecule has 1 saturated carbocycles. The SMILES string of the molecule is Cc1c(Cl)cccc1-c1ccc(C(=O)N2C[C@@H]3C(CN(C)C)[C@@H]3C2)cc1. The van der Waals surface area contributed by atoms with E-state index in [1.54, 1.807) is 0 Å². The lowest BCUT2D eigenvalue weighted by Gasteiger charge is -2.21. The number of carbonyl (C=O) groups is 1. The van der Waals surface area contributed by atoms with E-state index >= 15 is 0 Å². The molecule has 2 aromatic rings. The van der Waals surface area contributed by atoms with Gasteiger partial charge in [-0.3, -0.25) is 4.79 Å². The summed E-state index contributed by atoms with van der Waals surface area (Å²) < 4.78 is 0. The summed E-state index contributed by atoms with van der Waals surface area (Å²) in [5.74, 6) is 2.35. The highest BCUT2D eigenvalue weighted by Crippen LogP contribution is 2.52. The second-order valence-corrected chi connectivity index (χ2v) is 8.36. The molecule has 136 valence electrons. The molecule has 0 bridgehead atoms. The van der Waals surface area contributed by atoms with Gasteiger partial charge in [-0.15, -0.1) is 0 Å². The average Bonchev–Trinajstić information content (AvgIpc) is 3.05. The zero-order valence-electron chi connectivity index (χ0n) is 15.6. The summed E-state index contributed by atoms with van der Waals surface area (Å²) in [6, 6.07) is 13.9. The first-order valence-corrected chi connectivity index (χ1v) is 9.63. The minimum Gasteiger partial charge on any atom is -0.338 e. The third kappa shape index (κ3) is 3.15. The van der Waals surface area contributed by atoms with E-state index in [4.69, 9.17) is 11.6 Å². The normalized spacial score (nSPS) is 24.0. The van der Waals surface area contributed by atoms with Gasteiger partial charge in [-0.1, -0.05) is 35.9 Å². The van der Waals surface area contributed by atoms with Crippen molar-refractivity contribution in [3.8, 4) is 11.1 Å². The molecule has 4 rings (SSSR count). The van der Waals surface area contributed by atoms with E-state index in [0.29, 0.717) is 11.8 Å². The summed E-state index contributed by atoms with van der Waals surface area (Å²) in [4.78, 5) is 17.1. The molecule has 0 N–H and O–H groups in total. The van der Waals surface area contributed by atoms with Crippen LogP contribution in [0.1, 0.15) is 15.9 Å².